The van der Waals surface area contributed by atoms with Crippen LogP contribution >= 0.6 is 0 Å². The quantitative estimate of drug-likeness (QED) is 0.841. The van der Waals surface area contributed by atoms with Gasteiger partial charge in [0.2, 0.25) is 0 Å². The highest BCUT2D eigenvalue weighted by atomic mass is 16.5. The Kier molecular flexibility index (Phi) is 3.59. The number of ether oxygens (including phenoxy) is 1. The van der Waals surface area contributed by atoms with Crippen molar-refractivity contribution in [3.8, 4) is 5.75 Å². The summed E-state index contributed by atoms with van der Waals surface area (Å²) >= 11 is 0. The van der Waals surface area contributed by atoms with Crippen molar-refractivity contribution in [1.82, 2.24) is 14.4 Å². The topological polar surface area (TPSA) is 37.7 Å². The Morgan fingerprint density at radius 2 is 1.86 bits per heavy atom. The summed E-state index contributed by atoms with van der Waals surface area (Å²) in [5.41, 5.74) is 1.74. The Morgan fingerprint density at radius 3 is 2.52 bits per heavy atom. The van der Waals surface area contributed by atoms with Crippen LogP contribution in [0.4, 0.5) is 0 Å². The number of carbonyl (C=O) groups is 1. The van der Waals surface area contributed by atoms with Gasteiger partial charge in [-0.05, 0) is 25.2 Å². The summed E-state index contributed by atoms with van der Waals surface area (Å²) in [6.45, 7) is 3.43. The minimum absolute atomic E-state index is 0.101. The molecule has 0 saturated carbocycles. The van der Waals surface area contributed by atoms with Gasteiger partial charge in [-0.25, -0.2) is 0 Å². The molecule has 3 rings (SSSR count). The zero-order valence-electron chi connectivity index (χ0n) is 12.8. The van der Waals surface area contributed by atoms with Crippen LogP contribution in [0.3, 0.4) is 0 Å². The van der Waals surface area contributed by atoms with Crippen LogP contribution in [-0.4, -0.2) is 60.6 Å². The monoisotopic (exact) mass is 287 g/mol. The molecule has 1 fully saturated rings. The number of carbonyl (C=O) groups excluding carboxylic acids is 1. The Labute approximate surface area is 124 Å². The standard InChI is InChI=1S/C16H21N3O2/c1-17-7-9-19(10-8-17)16(20)14-11-12-13(18(14)2)5-4-6-15(12)21-3/h4-6,11H,7-10H2,1-3H3. The van der Waals surface area contributed by atoms with E-state index in [2.05, 4.69) is 11.9 Å². The van der Waals surface area contributed by atoms with E-state index in [4.69, 9.17) is 4.74 Å². The van der Waals surface area contributed by atoms with E-state index >= 15 is 0 Å². The van der Waals surface area contributed by atoms with Crippen LogP contribution in [0.2, 0.25) is 0 Å². The summed E-state index contributed by atoms with van der Waals surface area (Å²) < 4.78 is 7.35. The van der Waals surface area contributed by atoms with Crippen molar-refractivity contribution in [3.63, 3.8) is 0 Å². The molecule has 2 heterocycles. The van der Waals surface area contributed by atoms with Gasteiger partial charge < -0.3 is 19.1 Å². The lowest BCUT2D eigenvalue weighted by Gasteiger charge is -2.32. The normalized spacial score (nSPS) is 16.4. The number of benzene rings is 1. The number of nitrogens with zero attached hydrogens (tertiary/aromatic N) is 3. The SMILES string of the molecule is COc1cccc2c1cc(C(=O)N1CCN(C)CC1)n2C. The van der Waals surface area contributed by atoms with E-state index in [0.717, 1.165) is 48.5 Å². The molecule has 0 N–H and O–H groups in total. The van der Waals surface area contributed by atoms with Gasteiger partial charge in [0.1, 0.15) is 11.4 Å². The van der Waals surface area contributed by atoms with E-state index in [9.17, 15) is 4.79 Å². The maximum absolute atomic E-state index is 12.7. The van der Waals surface area contributed by atoms with Crippen LogP contribution in [0.1, 0.15) is 10.5 Å². The molecule has 5 nitrogen and oxygen atoms in total. The summed E-state index contributed by atoms with van der Waals surface area (Å²) in [5.74, 6) is 0.907. The minimum atomic E-state index is 0.101. The highest BCUT2D eigenvalue weighted by Gasteiger charge is 2.23. The van der Waals surface area contributed by atoms with Crippen LogP contribution in [0.15, 0.2) is 24.3 Å². The number of methoxy groups -OCH3 is 1. The first-order chi connectivity index (χ1) is 10.1. The Balaban J connectivity index is 1.97. The molecule has 0 bridgehead atoms. The van der Waals surface area contributed by atoms with Crippen LogP contribution in [0, 0.1) is 0 Å². The first kappa shape index (κ1) is 13.9. The average molecular weight is 287 g/mol. The number of likely N-dealkylation sites (N-methyl/N-ethyl adjacent to an activating group) is 1. The Hall–Kier alpha value is -2.01. The molecule has 1 aliphatic rings. The van der Waals surface area contributed by atoms with Crippen LogP contribution in [0.25, 0.3) is 10.9 Å². The molecule has 0 radical (unpaired) electrons. The molecule has 1 aliphatic heterocycles. The van der Waals surface area contributed by atoms with E-state index in [1.165, 1.54) is 0 Å². The highest BCUT2D eigenvalue weighted by Crippen LogP contribution is 2.28. The smallest absolute Gasteiger partial charge is 0.270 e. The van der Waals surface area contributed by atoms with E-state index < -0.39 is 0 Å². The number of rotatable bonds is 2. The molecule has 21 heavy (non-hydrogen) atoms. The molecule has 1 aromatic carbocycles. The predicted octanol–water partition coefficient (Wildman–Crippen LogP) is 1.57. The van der Waals surface area contributed by atoms with Crippen LogP contribution in [-0.2, 0) is 7.05 Å². The number of aryl methyl sites for hydroxylation is 1. The van der Waals surface area contributed by atoms with Gasteiger partial charge in [0.15, 0.2) is 0 Å². The van der Waals surface area contributed by atoms with Crippen molar-refractivity contribution in [2.24, 2.45) is 7.05 Å². The molecule has 1 aromatic heterocycles. The van der Waals surface area contributed by atoms with Gasteiger partial charge in [-0.2, -0.15) is 0 Å². The number of fused-ring (bicyclic) bond motifs is 1. The molecule has 112 valence electrons. The highest BCUT2D eigenvalue weighted by molar-refractivity contribution is 6.00. The second-order valence-electron chi connectivity index (χ2n) is 5.58. The van der Waals surface area contributed by atoms with Crippen molar-refractivity contribution in [2.75, 3.05) is 40.3 Å². The van der Waals surface area contributed by atoms with E-state index in [1.54, 1.807) is 7.11 Å². The predicted molar refractivity (Wildman–Crippen MR) is 82.9 cm³/mol. The van der Waals surface area contributed by atoms with Gasteiger partial charge in [0.05, 0.1) is 12.6 Å². The summed E-state index contributed by atoms with van der Waals surface area (Å²) in [6, 6.07) is 7.82. The molecule has 1 amide bonds. The zero-order valence-corrected chi connectivity index (χ0v) is 12.8. The van der Waals surface area contributed by atoms with Gasteiger partial charge >= 0.3 is 0 Å². The van der Waals surface area contributed by atoms with Crippen molar-refractivity contribution in [3.05, 3.63) is 30.0 Å². The molecular formula is C16H21N3O2. The lowest BCUT2D eigenvalue weighted by atomic mass is 10.2. The molecule has 1 saturated heterocycles. The number of aromatic nitrogens is 1. The molecular weight excluding hydrogens is 266 g/mol. The average Bonchev–Trinajstić information content (AvgIpc) is 2.85. The molecule has 0 atom stereocenters. The van der Waals surface area contributed by atoms with Gasteiger partial charge in [-0.3, -0.25) is 4.79 Å². The maximum atomic E-state index is 12.7. The third-order valence-electron chi connectivity index (χ3n) is 4.28. The second kappa shape index (κ2) is 5.41. The molecule has 0 unspecified atom stereocenters. The molecule has 5 heteroatoms. The first-order valence-corrected chi connectivity index (χ1v) is 7.22. The lowest BCUT2D eigenvalue weighted by molar-refractivity contribution is 0.0655. The van der Waals surface area contributed by atoms with Gasteiger partial charge in [0.25, 0.3) is 5.91 Å². The number of hydrogen-bond acceptors (Lipinski definition) is 3. The molecule has 0 aliphatic carbocycles. The fourth-order valence-corrected chi connectivity index (χ4v) is 2.89. The molecule has 2 aromatic rings. The third-order valence-corrected chi connectivity index (χ3v) is 4.28. The largest absolute Gasteiger partial charge is 0.496 e. The number of piperazine rings is 1. The van der Waals surface area contributed by atoms with E-state index in [1.807, 2.05) is 40.8 Å². The van der Waals surface area contributed by atoms with Crippen molar-refractivity contribution < 1.29 is 9.53 Å². The second-order valence-corrected chi connectivity index (χ2v) is 5.58. The van der Waals surface area contributed by atoms with E-state index in [-0.39, 0.29) is 5.91 Å². The van der Waals surface area contributed by atoms with Crippen molar-refractivity contribution in [2.45, 2.75) is 0 Å². The summed E-state index contributed by atoms with van der Waals surface area (Å²) in [5, 5.41) is 0.986. The van der Waals surface area contributed by atoms with Gasteiger partial charge in [-0.1, -0.05) is 6.07 Å². The van der Waals surface area contributed by atoms with Crippen molar-refractivity contribution >= 4 is 16.8 Å². The first-order valence-electron chi connectivity index (χ1n) is 7.22. The van der Waals surface area contributed by atoms with Crippen LogP contribution in [0.5, 0.6) is 5.75 Å². The van der Waals surface area contributed by atoms with E-state index in [0.29, 0.717) is 0 Å². The molecule has 0 spiro atoms. The minimum Gasteiger partial charge on any atom is -0.496 e. The maximum Gasteiger partial charge on any atom is 0.270 e. The van der Waals surface area contributed by atoms with Gasteiger partial charge in [0, 0.05) is 38.6 Å². The zero-order chi connectivity index (χ0) is 15.0. The number of hydrogen-bond donors (Lipinski definition) is 0. The summed E-state index contributed by atoms with van der Waals surface area (Å²) in [7, 11) is 5.68. The van der Waals surface area contributed by atoms with Gasteiger partial charge in [-0.15, -0.1) is 0 Å². The summed E-state index contributed by atoms with van der Waals surface area (Å²) in [6.07, 6.45) is 0. The fraction of sp³-hybridized carbons (Fsp3) is 0.438. The summed E-state index contributed by atoms with van der Waals surface area (Å²) in [4.78, 5) is 16.9. The Morgan fingerprint density at radius 1 is 1.14 bits per heavy atom. The third kappa shape index (κ3) is 2.38. The Bertz CT molecular complexity index is 669. The lowest BCUT2D eigenvalue weighted by Crippen LogP contribution is -2.47. The van der Waals surface area contributed by atoms with Crippen LogP contribution < -0.4 is 4.74 Å². The number of amides is 1. The van der Waals surface area contributed by atoms with Crippen molar-refractivity contribution in [1.29, 1.82) is 0 Å². The fourth-order valence-electron chi connectivity index (χ4n) is 2.89.